The van der Waals surface area contributed by atoms with Gasteiger partial charge in [0.2, 0.25) is 10.0 Å². The number of sulfonamides is 1. The molecular formula is C21H20N4O3S2. The fourth-order valence-corrected chi connectivity index (χ4v) is 5.59. The summed E-state index contributed by atoms with van der Waals surface area (Å²) in [7, 11) is -3.63. The van der Waals surface area contributed by atoms with Crippen molar-refractivity contribution >= 4 is 53.9 Å². The van der Waals surface area contributed by atoms with Gasteiger partial charge in [0.25, 0.3) is 0 Å². The van der Waals surface area contributed by atoms with E-state index in [9.17, 15) is 8.42 Å². The van der Waals surface area contributed by atoms with E-state index in [1.165, 1.54) is 0 Å². The average molecular weight is 441 g/mol. The van der Waals surface area contributed by atoms with Gasteiger partial charge in [0.05, 0.1) is 26.1 Å². The highest BCUT2D eigenvalue weighted by Gasteiger charge is 2.22. The van der Waals surface area contributed by atoms with Gasteiger partial charge < -0.3 is 10.1 Å². The Hall–Kier alpha value is -2.59. The van der Waals surface area contributed by atoms with Crippen LogP contribution >= 0.6 is 11.3 Å². The van der Waals surface area contributed by atoms with E-state index in [0.29, 0.717) is 26.1 Å². The van der Waals surface area contributed by atoms with E-state index in [0.717, 1.165) is 32.5 Å². The van der Waals surface area contributed by atoms with Crippen LogP contribution in [0.4, 0.5) is 11.4 Å². The first-order valence-electron chi connectivity index (χ1n) is 9.68. The molecule has 0 amide bonds. The molecule has 4 aromatic rings. The summed E-state index contributed by atoms with van der Waals surface area (Å²) in [5, 5.41) is 4.12. The molecule has 1 saturated heterocycles. The molecule has 0 unspecified atom stereocenters. The molecular weight excluding hydrogens is 420 g/mol. The van der Waals surface area contributed by atoms with Gasteiger partial charge in [-0.3, -0.25) is 4.98 Å². The predicted molar refractivity (Wildman–Crippen MR) is 119 cm³/mol. The third-order valence-electron chi connectivity index (χ3n) is 5.18. The molecule has 2 aromatic carbocycles. The number of ether oxygens (including phenoxy) is 1. The molecule has 0 bridgehead atoms. The van der Waals surface area contributed by atoms with Crippen LogP contribution in [0.5, 0.6) is 0 Å². The summed E-state index contributed by atoms with van der Waals surface area (Å²) in [6, 6.07) is 12.7. The number of hydrogen-bond donors (Lipinski definition) is 2. The summed E-state index contributed by atoms with van der Waals surface area (Å²) in [5.41, 5.74) is 5.14. The van der Waals surface area contributed by atoms with Crippen LogP contribution in [0.3, 0.4) is 0 Å². The van der Waals surface area contributed by atoms with Gasteiger partial charge >= 0.3 is 0 Å². The number of nitrogens with zero attached hydrogens (tertiary/aromatic N) is 2. The van der Waals surface area contributed by atoms with Crippen molar-refractivity contribution < 1.29 is 13.2 Å². The lowest BCUT2D eigenvalue weighted by atomic mass is 10.1. The van der Waals surface area contributed by atoms with E-state index < -0.39 is 10.0 Å². The molecule has 3 heterocycles. The monoisotopic (exact) mass is 440 g/mol. The molecule has 1 aliphatic heterocycles. The second kappa shape index (κ2) is 7.92. The summed E-state index contributed by atoms with van der Waals surface area (Å²) in [5.74, 6) is 0. The minimum Gasteiger partial charge on any atom is -0.381 e. The van der Waals surface area contributed by atoms with Crippen molar-refractivity contribution in [3.63, 3.8) is 0 Å². The topological polar surface area (TPSA) is 93.2 Å². The molecule has 154 valence electrons. The van der Waals surface area contributed by atoms with Crippen LogP contribution in [-0.2, 0) is 14.8 Å². The van der Waals surface area contributed by atoms with Crippen molar-refractivity contribution in [2.45, 2.75) is 23.8 Å². The van der Waals surface area contributed by atoms with Crippen LogP contribution in [0.2, 0.25) is 0 Å². The Morgan fingerprint density at radius 3 is 2.73 bits per heavy atom. The van der Waals surface area contributed by atoms with Gasteiger partial charge in [0, 0.05) is 42.2 Å². The van der Waals surface area contributed by atoms with E-state index >= 15 is 0 Å². The summed E-state index contributed by atoms with van der Waals surface area (Å²) >= 11 is 1.59. The average Bonchev–Trinajstić information content (AvgIpc) is 3.22. The van der Waals surface area contributed by atoms with E-state index in [-0.39, 0.29) is 10.9 Å². The number of aromatic nitrogens is 2. The molecule has 5 rings (SSSR count). The van der Waals surface area contributed by atoms with E-state index in [4.69, 9.17) is 4.74 Å². The van der Waals surface area contributed by atoms with Gasteiger partial charge in [-0.15, -0.1) is 11.3 Å². The second-order valence-corrected chi connectivity index (χ2v) is 9.81. The smallest absolute Gasteiger partial charge is 0.240 e. The zero-order chi connectivity index (χ0) is 20.6. The third kappa shape index (κ3) is 3.89. The maximum absolute atomic E-state index is 12.9. The van der Waals surface area contributed by atoms with Gasteiger partial charge in [-0.1, -0.05) is 0 Å². The molecule has 0 saturated carbocycles. The quantitative estimate of drug-likeness (QED) is 0.486. The van der Waals surface area contributed by atoms with Crippen LogP contribution in [0.1, 0.15) is 12.8 Å². The fraction of sp³-hybridized carbons (Fsp3) is 0.238. The maximum Gasteiger partial charge on any atom is 0.240 e. The number of pyridine rings is 1. The van der Waals surface area contributed by atoms with Crippen molar-refractivity contribution in [3.8, 4) is 0 Å². The first kappa shape index (κ1) is 19.4. The van der Waals surface area contributed by atoms with Gasteiger partial charge in [-0.25, -0.2) is 18.1 Å². The van der Waals surface area contributed by atoms with E-state index in [1.807, 2.05) is 29.8 Å². The number of anilines is 2. The molecule has 9 heteroatoms. The Morgan fingerprint density at radius 2 is 1.87 bits per heavy atom. The Bertz CT molecular complexity index is 1310. The highest BCUT2D eigenvalue weighted by atomic mass is 32.2. The minimum atomic E-state index is -3.63. The Morgan fingerprint density at radius 1 is 1.00 bits per heavy atom. The molecule has 1 fully saturated rings. The van der Waals surface area contributed by atoms with Crippen LogP contribution in [0, 0.1) is 0 Å². The molecule has 0 radical (unpaired) electrons. The highest BCUT2D eigenvalue weighted by molar-refractivity contribution is 7.89. The fourth-order valence-electron chi connectivity index (χ4n) is 3.60. The number of nitrogens with one attached hydrogen (secondary N) is 2. The van der Waals surface area contributed by atoms with Crippen molar-refractivity contribution in [1.82, 2.24) is 14.7 Å². The van der Waals surface area contributed by atoms with Crippen LogP contribution in [0.25, 0.3) is 21.1 Å². The third-order valence-corrected chi connectivity index (χ3v) is 7.50. The number of hydrogen-bond acceptors (Lipinski definition) is 7. The minimum absolute atomic E-state index is 0.101. The Labute approximate surface area is 178 Å². The van der Waals surface area contributed by atoms with Crippen LogP contribution in [0.15, 0.2) is 59.1 Å². The second-order valence-electron chi connectivity index (χ2n) is 7.21. The molecule has 30 heavy (non-hydrogen) atoms. The maximum atomic E-state index is 12.9. The lowest BCUT2D eigenvalue weighted by molar-refractivity contribution is 0.0832. The van der Waals surface area contributed by atoms with Crippen LogP contribution < -0.4 is 10.0 Å². The predicted octanol–water partition coefficient (Wildman–Crippen LogP) is 4.05. The van der Waals surface area contributed by atoms with E-state index in [1.54, 1.807) is 35.7 Å². The van der Waals surface area contributed by atoms with Gasteiger partial charge in [-0.05, 0) is 55.3 Å². The molecule has 0 atom stereocenters. The molecule has 2 N–H and O–H groups in total. The van der Waals surface area contributed by atoms with Crippen LogP contribution in [-0.4, -0.2) is 37.6 Å². The van der Waals surface area contributed by atoms with Gasteiger partial charge in [0.1, 0.15) is 0 Å². The standard InChI is InChI=1S/C21H20N4O3S2/c26-30(27,25-14-6-9-28-10-7-14)16-2-3-18-17(12-16)19(5-8-22-18)24-15-1-4-21-20(11-15)23-13-29-21/h1-5,8,11-14,25H,6-7,9-10H2,(H,22,24). The highest BCUT2D eigenvalue weighted by Crippen LogP contribution is 2.29. The summed E-state index contributed by atoms with van der Waals surface area (Å²) in [6.07, 6.45) is 3.07. The SMILES string of the molecule is O=S(=O)(NC1CCOCC1)c1ccc2nccc(Nc3ccc4scnc4c3)c2c1. The van der Waals surface area contributed by atoms with Crippen molar-refractivity contribution in [2.24, 2.45) is 0 Å². The molecule has 0 spiro atoms. The summed E-state index contributed by atoms with van der Waals surface area (Å²) in [4.78, 5) is 8.97. The Kier molecular flexibility index (Phi) is 5.11. The van der Waals surface area contributed by atoms with Crippen molar-refractivity contribution in [3.05, 3.63) is 54.2 Å². The number of benzene rings is 2. The first-order chi connectivity index (χ1) is 14.6. The zero-order valence-electron chi connectivity index (χ0n) is 16.0. The van der Waals surface area contributed by atoms with Crippen molar-refractivity contribution in [1.29, 1.82) is 0 Å². The number of rotatable bonds is 5. The normalized spacial score (nSPS) is 15.6. The largest absolute Gasteiger partial charge is 0.381 e. The lowest BCUT2D eigenvalue weighted by Crippen LogP contribution is -2.38. The van der Waals surface area contributed by atoms with Gasteiger partial charge in [0.15, 0.2) is 0 Å². The zero-order valence-corrected chi connectivity index (χ0v) is 17.7. The summed E-state index contributed by atoms with van der Waals surface area (Å²) in [6.45, 7) is 1.15. The summed E-state index contributed by atoms with van der Waals surface area (Å²) < 4.78 is 35.1. The molecule has 1 aliphatic rings. The van der Waals surface area contributed by atoms with Gasteiger partial charge in [-0.2, -0.15) is 0 Å². The van der Waals surface area contributed by atoms with Crippen molar-refractivity contribution in [2.75, 3.05) is 18.5 Å². The number of fused-ring (bicyclic) bond motifs is 2. The van der Waals surface area contributed by atoms with E-state index in [2.05, 4.69) is 20.0 Å². The Balaban J connectivity index is 1.48. The first-order valence-corrected chi connectivity index (χ1v) is 12.0. The molecule has 0 aliphatic carbocycles. The number of thiazole rings is 1. The lowest BCUT2D eigenvalue weighted by Gasteiger charge is -2.23. The molecule has 7 nitrogen and oxygen atoms in total. The molecule has 2 aromatic heterocycles.